The lowest BCUT2D eigenvalue weighted by Gasteiger charge is -2.16. The summed E-state index contributed by atoms with van der Waals surface area (Å²) in [7, 11) is 0. The van der Waals surface area contributed by atoms with Crippen LogP contribution in [0.1, 0.15) is 32.1 Å². The Bertz CT molecular complexity index is 395. The molecule has 2 unspecified atom stereocenters. The van der Waals surface area contributed by atoms with Gasteiger partial charge in [-0.25, -0.2) is 4.79 Å². The highest BCUT2D eigenvalue weighted by atomic mass is 16.4. The maximum atomic E-state index is 11.5. The molecule has 0 spiro atoms. The zero-order chi connectivity index (χ0) is 14.5. The molecule has 0 bridgehead atoms. The minimum Gasteiger partial charge on any atom is -0.481 e. The Morgan fingerprint density at radius 1 is 1.05 bits per heavy atom. The molecule has 0 heterocycles. The smallest absolute Gasteiger partial charge is 0.315 e. The molecule has 2 rings (SSSR count). The van der Waals surface area contributed by atoms with E-state index in [4.69, 9.17) is 5.11 Å². The summed E-state index contributed by atoms with van der Waals surface area (Å²) in [6, 6.07) is -0.144. The van der Waals surface area contributed by atoms with E-state index in [0.717, 1.165) is 25.7 Å². The molecule has 0 radical (unpaired) electrons. The van der Waals surface area contributed by atoms with E-state index in [9.17, 15) is 14.4 Å². The Kier molecular flexibility index (Phi) is 4.81. The van der Waals surface area contributed by atoms with Gasteiger partial charge in [-0.3, -0.25) is 9.59 Å². The normalized spacial score (nSPS) is 25.0. The van der Waals surface area contributed by atoms with Gasteiger partial charge in [0.1, 0.15) is 0 Å². The molecular weight excluding hydrogens is 262 g/mol. The highest BCUT2D eigenvalue weighted by Gasteiger charge is 2.32. The Hall–Kier alpha value is -1.79. The van der Waals surface area contributed by atoms with Gasteiger partial charge in [0, 0.05) is 12.6 Å². The number of hydrogen-bond donors (Lipinski definition) is 4. The molecule has 7 heteroatoms. The number of carboxylic acids is 1. The van der Waals surface area contributed by atoms with Gasteiger partial charge in [0.25, 0.3) is 0 Å². The number of hydrogen-bond acceptors (Lipinski definition) is 3. The molecule has 2 saturated carbocycles. The highest BCUT2D eigenvalue weighted by Crippen LogP contribution is 2.31. The Balaban J connectivity index is 1.61. The molecule has 7 nitrogen and oxygen atoms in total. The quantitative estimate of drug-likeness (QED) is 0.553. The topological polar surface area (TPSA) is 108 Å². The van der Waals surface area contributed by atoms with Crippen molar-refractivity contribution in [3.8, 4) is 0 Å². The summed E-state index contributed by atoms with van der Waals surface area (Å²) in [6.45, 7) is 0.294. The Morgan fingerprint density at radius 3 is 2.45 bits per heavy atom. The monoisotopic (exact) mass is 283 g/mol. The Morgan fingerprint density at radius 2 is 1.80 bits per heavy atom. The van der Waals surface area contributed by atoms with E-state index in [1.165, 1.54) is 0 Å². The van der Waals surface area contributed by atoms with Crippen LogP contribution in [-0.4, -0.2) is 42.1 Å². The molecule has 0 aromatic carbocycles. The maximum Gasteiger partial charge on any atom is 0.315 e. The standard InChI is InChI=1S/C13H21N3O4/c17-11(16-9-4-5-9)7-15-13(20)14-6-8-2-1-3-10(8)12(18)19/h8-10H,1-7H2,(H,16,17)(H,18,19)(H2,14,15,20). The van der Waals surface area contributed by atoms with Gasteiger partial charge in [0.2, 0.25) is 5.91 Å². The lowest BCUT2D eigenvalue weighted by atomic mass is 9.96. The number of aliphatic carboxylic acids is 1. The van der Waals surface area contributed by atoms with Crippen LogP contribution in [0.4, 0.5) is 4.79 Å². The average molecular weight is 283 g/mol. The highest BCUT2D eigenvalue weighted by molar-refractivity contribution is 5.84. The number of carbonyl (C=O) groups excluding carboxylic acids is 2. The van der Waals surface area contributed by atoms with Gasteiger partial charge in [0.05, 0.1) is 12.5 Å². The molecule has 2 aliphatic carbocycles. The number of nitrogens with one attached hydrogen (secondary N) is 3. The van der Waals surface area contributed by atoms with Crippen molar-refractivity contribution in [2.75, 3.05) is 13.1 Å². The average Bonchev–Trinajstić information content (AvgIpc) is 3.07. The van der Waals surface area contributed by atoms with E-state index in [2.05, 4.69) is 16.0 Å². The molecule has 2 atom stereocenters. The summed E-state index contributed by atoms with van der Waals surface area (Å²) in [5.41, 5.74) is 0. The number of carboxylic acid groups (broad SMARTS) is 1. The first kappa shape index (κ1) is 14.6. The number of amides is 3. The fourth-order valence-corrected chi connectivity index (χ4v) is 2.56. The second-order valence-electron chi connectivity index (χ2n) is 5.54. The third kappa shape index (κ3) is 4.40. The van der Waals surface area contributed by atoms with Crippen LogP contribution < -0.4 is 16.0 Å². The fraction of sp³-hybridized carbons (Fsp3) is 0.769. The molecule has 112 valence electrons. The third-order valence-electron chi connectivity index (χ3n) is 3.85. The lowest BCUT2D eigenvalue weighted by Crippen LogP contribution is -2.44. The maximum absolute atomic E-state index is 11.5. The molecule has 4 N–H and O–H groups in total. The second-order valence-corrected chi connectivity index (χ2v) is 5.54. The molecular formula is C13H21N3O4. The summed E-state index contributed by atoms with van der Waals surface area (Å²) >= 11 is 0. The van der Waals surface area contributed by atoms with Gasteiger partial charge in [0.15, 0.2) is 0 Å². The molecule has 0 aliphatic heterocycles. The summed E-state index contributed by atoms with van der Waals surface area (Å²) in [5, 5.41) is 16.9. The van der Waals surface area contributed by atoms with E-state index in [1.807, 2.05) is 0 Å². The van der Waals surface area contributed by atoms with Crippen LogP contribution in [0.3, 0.4) is 0 Å². The molecule has 20 heavy (non-hydrogen) atoms. The van der Waals surface area contributed by atoms with E-state index in [-0.39, 0.29) is 30.3 Å². The van der Waals surface area contributed by atoms with Gasteiger partial charge in [-0.15, -0.1) is 0 Å². The minimum atomic E-state index is -0.793. The number of urea groups is 1. The third-order valence-corrected chi connectivity index (χ3v) is 3.85. The van der Waals surface area contributed by atoms with Crippen LogP contribution in [0.5, 0.6) is 0 Å². The van der Waals surface area contributed by atoms with Crippen LogP contribution in [0.15, 0.2) is 0 Å². The van der Waals surface area contributed by atoms with Gasteiger partial charge < -0.3 is 21.1 Å². The van der Waals surface area contributed by atoms with Crippen LogP contribution in [0.25, 0.3) is 0 Å². The van der Waals surface area contributed by atoms with Gasteiger partial charge >= 0.3 is 12.0 Å². The minimum absolute atomic E-state index is 0.0152. The first-order chi connectivity index (χ1) is 9.56. The first-order valence-electron chi connectivity index (χ1n) is 7.10. The predicted octanol–water partition coefficient (Wildman–Crippen LogP) is 0.0651. The molecule has 2 aliphatic rings. The van der Waals surface area contributed by atoms with Crippen molar-refractivity contribution in [1.82, 2.24) is 16.0 Å². The van der Waals surface area contributed by atoms with Crippen LogP contribution >= 0.6 is 0 Å². The van der Waals surface area contributed by atoms with Crippen LogP contribution in [-0.2, 0) is 9.59 Å². The largest absolute Gasteiger partial charge is 0.481 e. The Labute approximate surface area is 117 Å². The number of rotatable bonds is 6. The predicted molar refractivity (Wildman–Crippen MR) is 71.0 cm³/mol. The fourth-order valence-electron chi connectivity index (χ4n) is 2.56. The van der Waals surface area contributed by atoms with E-state index in [1.54, 1.807) is 0 Å². The van der Waals surface area contributed by atoms with Crippen LogP contribution in [0, 0.1) is 11.8 Å². The van der Waals surface area contributed by atoms with Gasteiger partial charge in [-0.05, 0) is 31.6 Å². The summed E-state index contributed by atoms with van der Waals surface area (Å²) in [5.74, 6) is -1.36. The van der Waals surface area contributed by atoms with Gasteiger partial charge in [-0.2, -0.15) is 0 Å². The van der Waals surface area contributed by atoms with Crippen molar-refractivity contribution in [1.29, 1.82) is 0 Å². The van der Waals surface area contributed by atoms with Crippen LogP contribution in [0.2, 0.25) is 0 Å². The second kappa shape index (κ2) is 6.58. The summed E-state index contributed by atoms with van der Waals surface area (Å²) in [4.78, 5) is 33.9. The number of carbonyl (C=O) groups is 3. The van der Waals surface area contributed by atoms with Crippen molar-refractivity contribution in [2.45, 2.75) is 38.1 Å². The van der Waals surface area contributed by atoms with Gasteiger partial charge in [-0.1, -0.05) is 6.42 Å². The lowest BCUT2D eigenvalue weighted by molar-refractivity contribution is -0.142. The SMILES string of the molecule is O=C(CNC(=O)NCC1CCCC1C(=O)O)NC1CC1. The van der Waals surface area contributed by atoms with Crippen molar-refractivity contribution in [3.05, 3.63) is 0 Å². The van der Waals surface area contributed by atoms with E-state index in [0.29, 0.717) is 13.0 Å². The first-order valence-corrected chi connectivity index (χ1v) is 7.10. The molecule has 2 fully saturated rings. The molecule has 0 aromatic rings. The summed E-state index contributed by atoms with van der Waals surface area (Å²) < 4.78 is 0. The van der Waals surface area contributed by atoms with E-state index < -0.39 is 12.0 Å². The van der Waals surface area contributed by atoms with Crippen molar-refractivity contribution in [2.24, 2.45) is 11.8 Å². The van der Waals surface area contributed by atoms with Crippen molar-refractivity contribution in [3.63, 3.8) is 0 Å². The van der Waals surface area contributed by atoms with E-state index >= 15 is 0 Å². The molecule has 0 aromatic heterocycles. The zero-order valence-electron chi connectivity index (χ0n) is 11.4. The zero-order valence-corrected chi connectivity index (χ0v) is 11.4. The molecule has 3 amide bonds. The van der Waals surface area contributed by atoms with Crippen molar-refractivity contribution < 1.29 is 19.5 Å². The summed E-state index contributed by atoms with van der Waals surface area (Å²) in [6.07, 6.45) is 4.40. The van der Waals surface area contributed by atoms with Crippen molar-refractivity contribution >= 4 is 17.9 Å². The molecule has 0 saturated heterocycles.